The lowest BCUT2D eigenvalue weighted by Crippen LogP contribution is -2.15. The summed E-state index contributed by atoms with van der Waals surface area (Å²) in [5.41, 5.74) is 6.37. The van der Waals surface area contributed by atoms with Crippen molar-refractivity contribution in [2.75, 3.05) is 6.54 Å². The van der Waals surface area contributed by atoms with Gasteiger partial charge in [-0.2, -0.15) is 0 Å². The van der Waals surface area contributed by atoms with Gasteiger partial charge in [-0.1, -0.05) is 6.07 Å². The molecule has 0 spiro atoms. The molecule has 0 fully saturated rings. The van der Waals surface area contributed by atoms with Gasteiger partial charge < -0.3 is 5.73 Å². The molecule has 1 aliphatic heterocycles. The van der Waals surface area contributed by atoms with Gasteiger partial charge in [-0.15, -0.1) is 11.8 Å². The molecule has 0 saturated carbocycles. The molecular formula is C9H10FNS. The van der Waals surface area contributed by atoms with Gasteiger partial charge in [0.2, 0.25) is 0 Å². The highest BCUT2D eigenvalue weighted by Gasteiger charge is 2.23. The molecule has 2 rings (SSSR count). The predicted octanol–water partition coefficient (Wildman–Crippen LogP) is 1.80. The molecular weight excluding hydrogens is 173 g/mol. The van der Waals surface area contributed by atoms with Crippen molar-refractivity contribution in [3.05, 3.63) is 29.6 Å². The number of halogens is 1. The molecule has 64 valence electrons. The monoisotopic (exact) mass is 183 g/mol. The average Bonchev–Trinajstić information content (AvgIpc) is 2.49. The van der Waals surface area contributed by atoms with Crippen LogP contribution in [0.4, 0.5) is 4.39 Å². The Labute approximate surface area is 75.1 Å². The first-order valence-electron chi connectivity index (χ1n) is 3.95. The molecule has 0 aliphatic carbocycles. The zero-order chi connectivity index (χ0) is 8.55. The minimum atomic E-state index is -0.0871. The third kappa shape index (κ3) is 1.23. The Morgan fingerprint density at radius 1 is 1.58 bits per heavy atom. The number of hydrogen-bond acceptors (Lipinski definition) is 2. The van der Waals surface area contributed by atoms with Crippen LogP contribution in [0.2, 0.25) is 0 Å². The van der Waals surface area contributed by atoms with Gasteiger partial charge in [0.1, 0.15) is 5.82 Å². The Balaban J connectivity index is 2.35. The van der Waals surface area contributed by atoms with E-state index in [-0.39, 0.29) is 5.82 Å². The van der Waals surface area contributed by atoms with Crippen molar-refractivity contribution in [2.24, 2.45) is 5.73 Å². The smallest absolute Gasteiger partial charge is 0.127 e. The molecule has 1 aromatic rings. The molecule has 3 heteroatoms. The largest absolute Gasteiger partial charge is 0.329 e. The van der Waals surface area contributed by atoms with E-state index in [1.54, 1.807) is 17.8 Å². The molecule has 1 aromatic carbocycles. The third-order valence-electron chi connectivity index (χ3n) is 2.06. The minimum Gasteiger partial charge on any atom is -0.329 e. The van der Waals surface area contributed by atoms with E-state index < -0.39 is 0 Å². The van der Waals surface area contributed by atoms with Gasteiger partial charge in [0, 0.05) is 22.3 Å². The first-order chi connectivity index (χ1) is 5.81. The van der Waals surface area contributed by atoms with Crippen LogP contribution in [-0.4, -0.2) is 11.8 Å². The molecule has 0 aromatic heterocycles. The number of benzene rings is 1. The molecule has 2 N–H and O–H groups in total. The van der Waals surface area contributed by atoms with Crippen molar-refractivity contribution in [2.45, 2.75) is 16.6 Å². The van der Waals surface area contributed by atoms with Crippen molar-refractivity contribution in [1.82, 2.24) is 0 Å². The van der Waals surface area contributed by atoms with E-state index in [0.717, 1.165) is 16.9 Å². The molecule has 1 unspecified atom stereocenters. The van der Waals surface area contributed by atoms with Gasteiger partial charge in [0.05, 0.1) is 0 Å². The molecule has 12 heavy (non-hydrogen) atoms. The van der Waals surface area contributed by atoms with E-state index in [4.69, 9.17) is 5.73 Å². The Kier molecular flexibility index (Phi) is 2.07. The second-order valence-corrected chi connectivity index (χ2v) is 4.24. The van der Waals surface area contributed by atoms with Gasteiger partial charge in [-0.25, -0.2) is 4.39 Å². The summed E-state index contributed by atoms with van der Waals surface area (Å²) in [4.78, 5) is 1.06. The molecule has 1 aliphatic rings. The first-order valence-corrected chi connectivity index (χ1v) is 4.83. The quantitative estimate of drug-likeness (QED) is 0.718. The maximum absolute atomic E-state index is 13.1. The maximum Gasteiger partial charge on any atom is 0.127 e. The molecule has 0 saturated heterocycles. The van der Waals surface area contributed by atoms with Gasteiger partial charge >= 0.3 is 0 Å². The lowest BCUT2D eigenvalue weighted by Gasteiger charge is -2.00. The van der Waals surface area contributed by atoms with Crippen molar-refractivity contribution in [1.29, 1.82) is 0 Å². The Hall–Kier alpha value is -0.540. The number of rotatable bonds is 1. The topological polar surface area (TPSA) is 26.0 Å². The Bertz CT molecular complexity index is 301. The van der Waals surface area contributed by atoms with Crippen molar-refractivity contribution >= 4 is 11.8 Å². The normalized spacial score (nSPS) is 21.0. The summed E-state index contributed by atoms with van der Waals surface area (Å²) in [7, 11) is 0. The van der Waals surface area contributed by atoms with Crippen LogP contribution in [0.1, 0.15) is 5.56 Å². The standard InChI is InChI=1S/C9H10FNS/c10-8-2-1-3-9-7(8)4-6(5-11)12-9/h1-3,6H,4-5,11H2. The van der Waals surface area contributed by atoms with E-state index in [1.807, 2.05) is 6.07 Å². The lowest BCUT2D eigenvalue weighted by atomic mass is 10.1. The van der Waals surface area contributed by atoms with Crippen molar-refractivity contribution in [3.63, 3.8) is 0 Å². The second kappa shape index (κ2) is 3.07. The number of fused-ring (bicyclic) bond motifs is 1. The Morgan fingerprint density at radius 3 is 3.08 bits per heavy atom. The molecule has 1 nitrogen and oxygen atoms in total. The zero-order valence-electron chi connectivity index (χ0n) is 6.59. The first kappa shape index (κ1) is 8.08. The van der Waals surface area contributed by atoms with Crippen LogP contribution in [0.5, 0.6) is 0 Å². The zero-order valence-corrected chi connectivity index (χ0v) is 7.40. The van der Waals surface area contributed by atoms with Crippen LogP contribution < -0.4 is 5.73 Å². The van der Waals surface area contributed by atoms with E-state index in [9.17, 15) is 4.39 Å². The second-order valence-electron chi connectivity index (χ2n) is 2.90. The lowest BCUT2D eigenvalue weighted by molar-refractivity contribution is 0.604. The van der Waals surface area contributed by atoms with Gasteiger partial charge in [-0.3, -0.25) is 0 Å². The number of thioether (sulfide) groups is 1. The SMILES string of the molecule is NCC1Cc2c(F)cccc2S1. The highest BCUT2D eigenvalue weighted by molar-refractivity contribution is 8.00. The summed E-state index contributed by atoms with van der Waals surface area (Å²) < 4.78 is 13.1. The van der Waals surface area contributed by atoms with E-state index in [2.05, 4.69) is 0 Å². The van der Waals surface area contributed by atoms with Crippen LogP contribution >= 0.6 is 11.8 Å². The predicted molar refractivity (Wildman–Crippen MR) is 48.8 cm³/mol. The molecule has 0 bridgehead atoms. The minimum absolute atomic E-state index is 0.0871. The van der Waals surface area contributed by atoms with E-state index >= 15 is 0 Å². The molecule has 0 amide bonds. The van der Waals surface area contributed by atoms with Crippen molar-refractivity contribution in [3.8, 4) is 0 Å². The molecule has 1 heterocycles. The van der Waals surface area contributed by atoms with E-state index in [1.165, 1.54) is 6.07 Å². The Morgan fingerprint density at radius 2 is 2.42 bits per heavy atom. The van der Waals surface area contributed by atoms with Crippen LogP contribution in [0.3, 0.4) is 0 Å². The van der Waals surface area contributed by atoms with E-state index in [0.29, 0.717) is 11.8 Å². The molecule has 0 radical (unpaired) electrons. The fraction of sp³-hybridized carbons (Fsp3) is 0.333. The molecule has 1 atom stereocenters. The summed E-state index contributed by atoms with van der Waals surface area (Å²) in [5, 5.41) is 0.372. The van der Waals surface area contributed by atoms with Gasteiger partial charge in [0.25, 0.3) is 0 Å². The van der Waals surface area contributed by atoms with Crippen LogP contribution in [0.15, 0.2) is 23.1 Å². The summed E-state index contributed by atoms with van der Waals surface area (Å²) in [6.07, 6.45) is 0.781. The maximum atomic E-state index is 13.1. The summed E-state index contributed by atoms with van der Waals surface area (Å²) >= 11 is 1.69. The fourth-order valence-corrected chi connectivity index (χ4v) is 2.61. The summed E-state index contributed by atoms with van der Waals surface area (Å²) in [6.45, 7) is 0.624. The van der Waals surface area contributed by atoms with Crippen LogP contribution in [0.25, 0.3) is 0 Å². The highest BCUT2D eigenvalue weighted by Crippen LogP contribution is 2.37. The van der Waals surface area contributed by atoms with Crippen LogP contribution in [0, 0.1) is 5.82 Å². The van der Waals surface area contributed by atoms with Gasteiger partial charge in [-0.05, 0) is 18.6 Å². The van der Waals surface area contributed by atoms with Crippen LogP contribution in [-0.2, 0) is 6.42 Å². The summed E-state index contributed by atoms with van der Waals surface area (Å²) in [6, 6.07) is 5.22. The summed E-state index contributed by atoms with van der Waals surface area (Å²) in [5.74, 6) is -0.0871. The van der Waals surface area contributed by atoms with Gasteiger partial charge in [0.15, 0.2) is 0 Å². The number of hydrogen-bond donors (Lipinski definition) is 1. The average molecular weight is 183 g/mol. The highest BCUT2D eigenvalue weighted by atomic mass is 32.2. The third-order valence-corrected chi connectivity index (χ3v) is 3.39. The van der Waals surface area contributed by atoms with Crippen molar-refractivity contribution < 1.29 is 4.39 Å². The number of nitrogens with two attached hydrogens (primary N) is 1. The fourth-order valence-electron chi connectivity index (χ4n) is 1.43.